The summed E-state index contributed by atoms with van der Waals surface area (Å²) < 4.78 is 5.67. The van der Waals surface area contributed by atoms with Crippen LogP contribution in [-0.2, 0) is 9.53 Å². The van der Waals surface area contributed by atoms with Crippen molar-refractivity contribution in [2.45, 2.75) is 26.9 Å². The van der Waals surface area contributed by atoms with E-state index in [-0.39, 0.29) is 17.2 Å². The zero-order valence-electron chi connectivity index (χ0n) is 11.6. The van der Waals surface area contributed by atoms with Gasteiger partial charge in [0.25, 0.3) is 5.91 Å². The zero-order chi connectivity index (χ0) is 15.3. The van der Waals surface area contributed by atoms with E-state index >= 15 is 0 Å². The number of rotatable bonds is 5. The fourth-order valence-corrected chi connectivity index (χ4v) is 1.76. The molecule has 0 saturated heterocycles. The number of aromatic hydroxyl groups is 1. The Kier molecular flexibility index (Phi) is 6.01. The van der Waals surface area contributed by atoms with E-state index in [1.165, 1.54) is 19.1 Å². The highest BCUT2D eigenvalue weighted by Crippen LogP contribution is 2.22. The number of halogens is 1. The molecule has 0 aliphatic carbocycles. The molecule has 1 unspecified atom stereocenters. The van der Waals surface area contributed by atoms with E-state index in [0.29, 0.717) is 16.9 Å². The Labute approximate surface area is 126 Å². The molecule has 1 aromatic carbocycles. The molecule has 0 radical (unpaired) electrons. The second-order valence-electron chi connectivity index (χ2n) is 4.85. The monoisotopic (exact) mass is 343 g/mol. The Morgan fingerprint density at radius 1 is 1.35 bits per heavy atom. The Balaban J connectivity index is 2.65. The maximum Gasteiger partial charge on any atom is 0.342 e. The van der Waals surface area contributed by atoms with Crippen LogP contribution in [0.3, 0.4) is 0 Å². The van der Waals surface area contributed by atoms with Crippen LogP contribution < -0.4 is 5.32 Å². The number of nitrogens with one attached hydrogen (secondary N) is 1. The quantitative estimate of drug-likeness (QED) is 0.805. The average Bonchev–Trinajstić information content (AvgIpc) is 2.38. The molecule has 0 saturated carbocycles. The van der Waals surface area contributed by atoms with Crippen LogP contribution >= 0.6 is 15.9 Å². The van der Waals surface area contributed by atoms with Crippen LogP contribution in [0.15, 0.2) is 22.7 Å². The molecule has 20 heavy (non-hydrogen) atoms. The molecular formula is C14H18BrNO4. The van der Waals surface area contributed by atoms with Crippen LogP contribution in [0.2, 0.25) is 0 Å². The lowest BCUT2D eigenvalue weighted by atomic mass is 10.2. The molecule has 0 aliphatic heterocycles. The molecule has 0 bridgehead atoms. The number of hydrogen-bond acceptors (Lipinski definition) is 4. The van der Waals surface area contributed by atoms with Gasteiger partial charge in [0.1, 0.15) is 11.3 Å². The highest BCUT2D eigenvalue weighted by Gasteiger charge is 2.21. The van der Waals surface area contributed by atoms with Gasteiger partial charge >= 0.3 is 5.97 Å². The van der Waals surface area contributed by atoms with Gasteiger partial charge in [0.2, 0.25) is 0 Å². The van der Waals surface area contributed by atoms with Crippen LogP contribution in [0, 0.1) is 5.92 Å². The molecule has 5 nitrogen and oxygen atoms in total. The van der Waals surface area contributed by atoms with E-state index in [1.54, 1.807) is 6.07 Å². The molecule has 0 fully saturated rings. The van der Waals surface area contributed by atoms with Crippen molar-refractivity contribution in [3.05, 3.63) is 28.2 Å². The highest BCUT2D eigenvalue weighted by molar-refractivity contribution is 9.10. The SMILES string of the molecule is CC(C)CNC(=O)C(C)OC(=O)c1cc(Br)ccc1O. The first-order chi connectivity index (χ1) is 9.31. The summed E-state index contributed by atoms with van der Waals surface area (Å²) in [4.78, 5) is 23.6. The smallest absolute Gasteiger partial charge is 0.342 e. The van der Waals surface area contributed by atoms with Crippen molar-refractivity contribution in [3.63, 3.8) is 0 Å². The Morgan fingerprint density at radius 3 is 2.60 bits per heavy atom. The van der Waals surface area contributed by atoms with E-state index < -0.39 is 12.1 Å². The number of carbonyl (C=O) groups excluding carboxylic acids is 2. The lowest BCUT2D eigenvalue weighted by molar-refractivity contribution is -0.129. The summed E-state index contributed by atoms with van der Waals surface area (Å²) in [7, 11) is 0. The largest absolute Gasteiger partial charge is 0.507 e. The van der Waals surface area contributed by atoms with E-state index in [9.17, 15) is 14.7 Å². The van der Waals surface area contributed by atoms with Gasteiger partial charge in [-0.3, -0.25) is 4.79 Å². The number of phenols is 1. The van der Waals surface area contributed by atoms with Gasteiger partial charge in [-0.05, 0) is 31.0 Å². The molecular weight excluding hydrogens is 326 g/mol. The number of esters is 1. The van der Waals surface area contributed by atoms with Crippen molar-refractivity contribution in [3.8, 4) is 5.75 Å². The minimum absolute atomic E-state index is 0.0166. The molecule has 0 spiro atoms. The summed E-state index contributed by atoms with van der Waals surface area (Å²) in [6.07, 6.45) is -0.917. The number of ether oxygens (including phenoxy) is 1. The summed E-state index contributed by atoms with van der Waals surface area (Å²) in [5.74, 6) is -0.971. The molecule has 2 N–H and O–H groups in total. The molecule has 1 aromatic rings. The summed E-state index contributed by atoms with van der Waals surface area (Å²) in [5.41, 5.74) is 0.0166. The number of hydrogen-bond donors (Lipinski definition) is 2. The first-order valence-electron chi connectivity index (χ1n) is 6.28. The minimum Gasteiger partial charge on any atom is -0.507 e. The molecule has 0 aromatic heterocycles. The van der Waals surface area contributed by atoms with Crippen molar-refractivity contribution < 1.29 is 19.4 Å². The predicted octanol–water partition coefficient (Wildman–Crippen LogP) is 2.47. The summed E-state index contributed by atoms with van der Waals surface area (Å²) in [5, 5.41) is 12.3. The summed E-state index contributed by atoms with van der Waals surface area (Å²) >= 11 is 3.20. The van der Waals surface area contributed by atoms with Crippen molar-refractivity contribution in [2.75, 3.05) is 6.54 Å². The van der Waals surface area contributed by atoms with E-state index in [2.05, 4.69) is 21.2 Å². The minimum atomic E-state index is -0.917. The Bertz CT molecular complexity index is 502. The first kappa shape index (κ1) is 16.5. The Hall–Kier alpha value is -1.56. The topological polar surface area (TPSA) is 75.6 Å². The van der Waals surface area contributed by atoms with Crippen LogP contribution in [-0.4, -0.2) is 29.6 Å². The number of carbonyl (C=O) groups is 2. The normalized spacial score (nSPS) is 12.1. The number of phenolic OH excluding ortho intramolecular Hbond substituents is 1. The second-order valence-corrected chi connectivity index (χ2v) is 5.76. The van der Waals surface area contributed by atoms with Gasteiger partial charge in [-0.25, -0.2) is 4.79 Å². The standard InChI is InChI=1S/C14H18BrNO4/c1-8(2)7-16-13(18)9(3)20-14(19)11-6-10(15)4-5-12(11)17/h4-6,8-9,17H,7H2,1-3H3,(H,16,18). The molecule has 6 heteroatoms. The Morgan fingerprint density at radius 2 is 2.00 bits per heavy atom. The number of amides is 1. The van der Waals surface area contributed by atoms with Gasteiger partial charge in [0.05, 0.1) is 0 Å². The van der Waals surface area contributed by atoms with E-state index in [1.807, 2.05) is 13.8 Å². The lowest BCUT2D eigenvalue weighted by Gasteiger charge is -2.15. The maximum absolute atomic E-state index is 11.9. The van der Waals surface area contributed by atoms with Gasteiger partial charge in [-0.1, -0.05) is 29.8 Å². The van der Waals surface area contributed by atoms with E-state index in [4.69, 9.17) is 4.74 Å². The fourth-order valence-electron chi connectivity index (χ4n) is 1.40. The molecule has 0 heterocycles. The third kappa shape index (κ3) is 4.85. The maximum atomic E-state index is 11.9. The third-order valence-electron chi connectivity index (χ3n) is 2.52. The van der Waals surface area contributed by atoms with Gasteiger partial charge in [-0.2, -0.15) is 0 Å². The van der Waals surface area contributed by atoms with Crippen LogP contribution in [0.5, 0.6) is 5.75 Å². The predicted molar refractivity (Wildman–Crippen MR) is 78.5 cm³/mol. The third-order valence-corrected chi connectivity index (χ3v) is 3.01. The first-order valence-corrected chi connectivity index (χ1v) is 7.07. The summed E-state index contributed by atoms with van der Waals surface area (Å²) in [6, 6.07) is 4.42. The van der Waals surface area contributed by atoms with Crippen molar-refractivity contribution in [1.82, 2.24) is 5.32 Å². The zero-order valence-corrected chi connectivity index (χ0v) is 13.2. The molecule has 110 valence electrons. The summed E-state index contributed by atoms with van der Waals surface area (Å²) in [6.45, 7) is 5.94. The van der Waals surface area contributed by atoms with Gasteiger partial charge < -0.3 is 15.2 Å². The number of benzene rings is 1. The fraction of sp³-hybridized carbons (Fsp3) is 0.429. The molecule has 0 aliphatic rings. The lowest BCUT2D eigenvalue weighted by Crippen LogP contribution is -2.37. The van der Waals surface area contributed by atoms with Crippen LogP contribution in [0.4, 0.5) is 0 Å². The molecule has 1 amide bonds. The molecule has 1 rings (SSSR count). The average molecular weight is 344 g/mol. The van der Waals surface area contributed by atoms with E-state index in [0.717, 1.165) is 0 Å². The van der Waals surface area contributed by atoms with Gasteiger partial charge in [0.15, 0.2) is 6.10 Å². The van der Waals surface area contributed by atoms with Gasteiger partial charge in [0, 0.05) is 11.0 Å². The second kappa shape index (κ2) is 7.28. The van der Waals surface area contributed by atoms with Crippen molar-refractivity contribution in [1.29, 1.82) is 0 Å². The highest BCUT2D eigenvalue weighted by atomic mass is 79.9. The van der Waals surface area contributed by atoms with Crippen LogP contribution in [0.1, 0.15) is 31.1 Å². The van der Waals surface area contributed by atoms with Crippen molar-refractivity contribution >= 4 is 27.8 Å². The van der Waals surface area contributed by atoms with Crippen LogP contribution in [0.25, 0.3) is 0 Å². The molecule has 1 atom stereocenters. The van der Waals surface area contributed by atoms with Gasteiger partial charge in [-0.15, -0.1) is 0 Å². The van der Waals surface area contributed by atoms with Crippen molar-refractivity contribution in [2.24, 2.45) is 5.92 Å².